The molecule has 1 aromatic carbocycles. The first kappa shape index (κ1) is 14.6. The largest absolute Gasteiger partial charge is 0.351 e. The molecule has 0 unspecified atom stereocenters. The SMILES string of the molecule is Cc1ccccc1CCNC(=O)c1sccc1-n1cccc1. The molecular weight excluding hydrogens is 292 g/mol. The molecule has 0 spiro atoms. The van der Waals surface area contributed by atoms with E-state index in [9.17, 15) is 4.79 Å². The summed E-state index contributed by atoms with van der Waals surface area (Å²) in [5.41, 5.74) is 3.48. The molecule has 1 amide bonds. The van der Waals surface area contributed by atoms with Crippen LogP contribution in [0.1, 0.15) is 20.8 Å². The van der Waals surface area contributed by atoms with Gasteiger partial charge in [0.25, 0.3) is 5.91 Å². The molecule has 0 aliphatic heterocycles. The first-order valence-electron chi connectivity index (χ1n) is 7.29. The van der Waals surface area contributed by atoms with E-state index in [1.54, 1.807) is 0 Å². The molecule has 3 nitrogen and oxygen atoms in total. The number of nitrogens with zero attached hydrogens (tertiary/aromatic N) is 1. The first-order valence-corrected chi connectivity index (χ1v) is 8.17. The molecule has 0 aliphatic rings. The van der Waals surface area contributed by atoms with Crippen LogP contribution in [0.2, 0.25) is 0 Å². The maximum atomic E-state index is 12.4. The van der Waals surface area contributed by atoms with E-state index in [-0.39, 0.29) is 5.91 Å². The minimum absolute atomic E-state index is 0.00714. The number of aryl methyl sites for hydroxylation is 1. The van der Waals surface area contributed by atoms with Crippen molar-refractivity contribution in [1.29, 1.82) is 0 Å². The Balaban J connectivity index is 1.64. The van der Waals surface area contributed by atoms with Gasteiger partial charge in [-0.25, -0.2) is 0 Å². The van der Waals surface area contributed by atoms with Crippen LogP contribution >= 0.6 is 11.3 Å². The van der Waals surface area contributed by atoms with Gasteiger partial charge in [0.1, 0.15) is 4.88 Å². The van der Waals surface area contributed by atoms with Crippen LogP contribution in [-0.2, 0) is 6.42 Å². The lowest BCUT2D eigenvalue weighted by Gasteiger charge is -2.08. The Labute approximate surface area is 134 Å². The number of benzene rings is 1. The summed E-state index contributed by atoms with van der Waals surface area (Å²) in [5.74, 6) is -0.00714. The number of rotatable bonds is 5. The van der Waals surface area contributed by atoms with E-state index >= 15 is 0 Å². The topological polar surface area (TPSA) is 34.0 Å². The Hall–Kier alpha value is -2.33. The number of carbonyl (C=O) groups excluding carboxylic acids is 1. The zero-order chi connectivity index (χ0) is 15.4. The van der Waals surface area contributed by atoms with Gasteiger partial charge in [0.2, 0.25) is 0 Å². The van der Waals surface area contributed by atoms with Gasteiger partial charge in [0, 0.05) is 18.9 Å². The Morgan fingerprint density at radius 2 is 1.91 bits per heavy atom. The summed E-state index contributed by atoms with van der Waals surface area (Å²) >= 11 is 1.47. The molecular formula is C18H18N2OS. The van der Waals surface area contributed by atoms with E-state index in [2.05, 4.69) is 24.4 Å². The second-order valence-corrected chi connectivity index (χ2v) is 6.07. The van der Waals surface area contributed by atoms with Crippen molar-refractivity contribution in [3.05, 3.63) is 76.2 Å². The summed E-state index contributed by atoms with van der Waals surface area (Å²) in [5, 5.41) is 4.97. The van der Waals surface area contributed by atoms with Crippen molar-refractivity contribution in [3.8, 4) is 5.69 Å². The highest BCUT2D eigenvalue weighted by Gasteiger charge is 2.13. The van der Waals surface area contributed by atoms with E-state index in [1.165, 1.54) is 22.5 Å². The lowest BCUT2D eigenvalue weighted by Crippen LogP contribution is -2.25. The number of carbonyl (C=O) groups is 1. The Morgan fingerprint density at radius 1 is 1.14 bits per heavy atom. The zero-order valence-electron chi connectivity index (χ0n) is 12.5. The average molecular weight is 310 g/mol. The lowest BCUT2D eigenvalue weighted by atomic mass is 10.1. The van der Waals surface area contributed by atoms with E-state index in [0.29, 0.717) is 6.54 Å². The summed E-state index contributed by atoms with van der Waals surface area (Å²) in [7, 11) is 0. The van der Waals surface area contributed by atoms with Gasteiger partial charge < -0.3 is 9.88 Å². The minimum Gasteiger partial charge on any atom is -0.351 e. The third-order valence-electron chi connectivity index (χ3n) is 3.67. The standard InChI is InChI=1S/C18H18N2OS/c1-14-6-2-3-7-15(14)8-10-19-18(21)17-16(9-13-22-17)20-11-4-5-12-20/h2-7,9,11-13H,8,10H2,1H3,(H,19,21). The molecule has 0 aliphatic carbocycles. The molecule has 0 saturated heterocycles. The maximum absolute atomic E-state index is 12.4. The molecule has 22 heavy (non-hydrogen) atoms. The molecule has 0 atom stereocenters. The van der Waals surface area contributed by atoms with Crippen LogP contribution in [0.15, 0.2) is 60.2 Å². The number of nitrogens with one attached hydrogen (secondary N) is 1. The summed E-state index contributed by atoms with van der Waals surface area (Å²) in [6.07, 6.45) is 4.75. The fraction of sp³-hybridized carbons (Fsp3) is 0.167. The molecule has 2 heterocycles. The van der Waals surface area contributed by atoms with Crippen LogP contribution in [0.5, 0.6) is 0 Å². The van der Waals surface area contributed by atoms with Crippen LogP contribution in [0.3, 0.4) is 0 Å². The van der Waals surface area contributed by atoms with Crippen LogP contribution in [0, 0.1) is 6.92 Å². The predicted octanol–water partition coefficient (Wildman–Crippen LogP) is 3.82. The Morgan fingerprint density at radius 3 is 2.68 bits per heavy atom. The average Bonchev–Trinajstić information content (AvgIpc) is 3.19. The predicted molar refractivity (Wildman–Crippen MR) is 90.9 cm³/mol. The molecule has 112 valence electrons. The second-order valence-electron chi connectivity index (χ2n) is 5.16. The van der Waals surface area contributed by atoms with Crippen molar-refractivity contribution < 1.29 is 4.79 Å². The molecule has 3 rings (SSSR count). The second kappa shape index (κ2) is 6.62. The van der Waals surface area contributed by atoms with Gasteiger partial charge in [0.05, 0.1) is 5.69 Å². The summed E-state index contributed by atoms with van der Waals surface area (Å²) in [4.78, 5) is 13.1. The summed E-state index contributed by atoms with van der Waals surface area (Å²) < 4.78 is 1.97. The first-order chi connectivity index (χ1) is 10.8. The fourth-order valence-electron chi connectivity index (χ4n) is 2.45. The highest BCUT2D eigenvalue weighted by atomic mass is 32.1. The van der Waals surface area contributed by atoms with Gasteiger partial charge >= 0.3 is 0 Å². The molecule has 1 N–H and O–H groups in total. The molecule has 0 fully saturated rings. The minimum atomic E-state index is -0.00714. The normalized spacial score (nSPS) is 10.6. The molecule has 4 heteroatoms. The van der Waals surface area contributed by atoms with Gasteiger partial charge in [0.15, 0.2) is 0 Å². The fourth-order valence-corrected chi connectivity index (χ4v) is 3.26. The Kier molecular flexibility index (Phi) is 4.39. The Bertz CT molecular complexity index is 759. The molecule has 3 aromatic rings. The van der Waals surface area contributed by atoms with Crippen LogP contribution in [0.4, 0.5) is 0 Å². The quantitative estimate of drug-likeness (QED) is 0.764. The molecule has 0 radical (unpaired) electrons. The van der Waals surface area contributed by atoms with Crippen molar-refractivity contribution >= 4 is 17.2 Å². The van der Waals surface area contributed by atoms with Crippen molar-refractivity contribution in [3.63, 3.8) is 0 Å². The highest BCUT2D eigenvalue weighted by molar-refractivity contribution is 7.12. The van der Waals surface area contributed by atoms with Crippen molar-refractivity contribution in [2.75, 3.05) is 6.54 Å². The van der Waals surface area contributed by atoms with Gasteiger partial charge in [-0.2, -0.15) is 0 Å². The number of aromatic nitrogens is 1. The van der Waals surface area contributed by atoms with Gasteiger partial charge in [-0.05, 0) is 48.1 Å². The van der Waals surface area contributed by atoms with E-state index in [1.807, 2.05) is 52.7 Å². The third kappa shape index (κ3) is 3.12. The number of thiophene rings is 1. The van der Waals surface area contributed by atoms with Gasteiger partial charge in [-0.1, -0.05) is 24.3 Å². The monoisotopic (exact) mass is 310 g/mol. The number of amides is 1. The van der Waals surface area contributed by atoms with Crippen molar-refractivity contribution in [1.82, 2.24) is 9.88 Å². The molecule has 0 bridgehead atoms. The molecule has 2 aromatic heterocycles. The maximum Gasteiger partial charge on any atom is 0.263 e. The highest BCUT2D eigenvalue weighted by Crippen LogP contribution is 2.21. The van der Waals surface area contributed by atoms with E-state index in [0.717, 1.165) is 17.0 Å². The summed E-state index contributed by atoms with van der Waals surface area (Å²) in [6, 6.07) is 14.2. The van der Waals surface area contributed by atoms with Crippen molar-refractivity contribution in [2.45, 2.75) is 13.3 Å². The smallest absolute Gasteiger partial charge is 0.263 e. The van der Waals surface area contributed by atoms with Gasteiger partial charge in [-0.15, -0.1) is 11.3 Å². The van der Waals surface area contributed by atoms with E-state index in [4.69, 9.17) is 0 Å². The summed E-state index contributed by atoms with van der Waals surface area (Å²) in [6.45, 7) is 2.74. The van der Waals surface area contributed by atoms with Crippen molar-refractivity contribution in [2.24, 2.45) is 0 Å². The van der Waals surface area contributed by atoms with Gasteiger partial charge in [-0.3, -0.25) is 4.79 Å². The van der Waals surface area contributed by atoms with Crippen LogP contribution in [0.25, 0.3) is 5.69 Å². The third-order valence-corrected chi connectivity index (χ3v) is 4.58. The van der Waals surface area contributed by atoms with Crippen LogP contribution < -0.4 is 5.32 Å². The van der Waals surface area contributed by atoms with E-state index < -0.39 is 0 Å². The molecule has 0 saturated carbocycles. The lowest BCUT2D eigenvalue weighted by molar-refractivity contribution is 0.0958. The zero-order valence-corrected chi connectivity index (χ0v) is 13.3. The number of hydrogen-bond donors (Lipinski definition) is 1. The number of hydrogen-bond acceptors (Lipinski definition) is 2. The van der Waals surface area contributed by atoms with Crippen LogP contribution in [-0.4, -0.2) is 17.0 Å².